The molecule has 33 heavy (non-hydrogen) atoms. The summed E-state index contributed by atoms with van der Waals surface area (Å²) < 4.78 is 7.76. The monoisotopic (exact) mass is 558 g/mol. The Bertz CT molecular complexity index is 1040. The van der Waals surface area contributed by atoms with E-state index in [0.717, 1.165) is 16.5 Å². The molecular weight excluding hydrogens is 528 g/mol. The average Bonchev–Trinajstić information content (AvgIpc) is 2.87. The molecule has 5 nitrogen and oxygen atoms in total. The molecule has 0 unspecified atom stereocenters. The number of carbonyl (C=O) groups excluding carboxylic acids is 2. The molecule has 0 spiro atoms. The van der Waals surface area contributed by atoms with Crippen molar-refractivity contribution in [2.45, 2.75) is 10.9 Å². The topological polar surface area (TPSA) is 58.6 Å². The summed E-state index contributed by atoms with van der Waals surface area (Å²) in [5.74, 6) is 0.264. The van der Waals surface area contributed by atoms with E-state index in [1.54, 1.807) is 37.5 Å². The van der Waals surface area contributed by atoms with E-state index in [1.807, 2.05) is 36.4 Å². The number of nitrogens with zero attached hydrogens (tertiary/aromatic N) is 1. The Hall–Kier alpha value is -3.07. The standard InChI is InChI=1S/C27H28N2O3Te/c1-32-24-16-14-23(15-17-24)29(27(31)18-13-22-9-4-2-5-10-22)21-26(30)28-19-8-20-33-25-11-6-3-7-12-25/h2-7,9-18H,8,19-21H2,1H3,(H,28,30)/b18-13+. The van der Waals surface area contributed by atoms with Gasteiger partial charge in [0, 0.05) is 0 Å². The number of methoxy groups -OCH3 is 1. The zero-order valence-electron chi connectivity index (χ0n) is 18.6. The van der Waals surface area contributed by atoms with Crippen LogP contribution >= 0.6 is 0 Å². The van der Waals surface area contributed by atoms with Crippen LogP contribution in [0.15, 0.2) is 91.0 Å². The van der Waals surface area contributed by atoms with Crippen LogP contribution in [0.1, 0.15) is 12.0 Å². The first-order valence-electron chi connectivity index (χ1n) is 10.8. The van der Waals surface area contributed by atoms with Crippen molar-refractivity contribution in [2.75, 3.05) is 25.1 Å². The molecule has 6 heteroatoms. The molecule has 0 saturated heterocycles. The van der Waals surface area contributed by atoms with Crippen LogP contribution in [0.2, 0.25) is 4.47 Å². The Morgan fingerprint density at radius 3 is 2.27 bits per heavy atom. The van der Waals surface area contributed by atoms with Crippen molar-refractivity contribution >= 4 is 48.1 Å². The van der Waals surface area contributed by atoms with E-state index in [1.165, 1.54) is 14.6 Å². The fourth-order valence-corrected chi connectivity index (χ4v) is 5.58. The average molecular weight is 556 g/mol. The molecule has 0 aromatic heterocycles. The minimum atomic E-state index is -0.254. The number of nitrogens with one attached hydrogen (secondary N) is 1. The summed E-state index contributed by atoms with van der Waals surface area (Å²) in [7, 11) is 1.59. The van der Waals surface area contributed by atoms with Gasteiger partial charge in [-0.3, -0.25) is 0 Å². The van der Waals surface area contributed by atoms with Crippen molar-refractivity contribution < 1.29 is 14.3 Å². The molecular formula is C27H28N2O3Te. The first kappa shape index (κ1) is 24.6. The summed E-state index contributed by atoms with van der Waals surface area (Å²) in [4.78, 5) is 27.1. The molecule has 0 bridgehead atoms. The fraction of sp³-hybridized carbons (Fsp3) is 0.185. The van der Waals surface area contributed by atoms with Gasteiger partial charge in [0.1, 0.15) is 0 Å². The summed E-state index contributed by atoms with van der Waals surface area (Å²) in [6, 6.07) is 27.2. The fourth-order valence-electron chi connectivity index (χ4n) is 3.09. The SMILES string of the molecule is COc1ccc(N(CC(=O)NCCC[Te]c2ccccc2)C(=O)/C=C/c2ccccc2)cc1. The Balaban J connectivity index is 1.57. The molecule has 3 aromatic rings. The van der Waals surface area contributed by atoms with Crippen molar-refractivity contribution in [1.82, 2.24) is 5.32 Å². The number of hydrogen-bond donors (Lipinski definition) is 1. The normalized spacial score (nSPS) is 10.7. The molecule has 1 N–H and O–H groups in total. The molecule has 3 aromatic carbocycles. The van der Waals surface area contributed by atoms with Gasteiger partial charge in [0.2, 0.25) is 0 Å². The first-order valence-corrected chi connectivity index (χ1v) is 13.6. The van der Waals surface area contributed by atoms with Crippen LogP contribution < -0.4 is 18.6 Å². The van der Waals surface area contributed by atoms with Gasteiger partial charge in [-0.25, -0.2) is 0 Å². The van der Waals surface area contributed by atoms with Gasteiger partial charge >= 0.3 is 181 Å². The molecule has 2 amide bonds. The van der Waals surface area contributed by atoms with Gasteiger partial charge < -0.3 is 0 Å². The van der Waals surface area contributed by atoms with Gasteiger partial charge in [-0.1, -0.05) is 18.2 Å². The quantitative estimate of drug-likeness (QED) is 0.223. The van der Waals surface area contributed by atoms with E-state index in [9.17, 15) is 9.59 Å². The summed E-state index contributed by atoms with van der Waals surface area (Å²) in [6.07, 6.45) is 4.19. The third-order valence-corrected chi connectivity index (χ3v) is 7.96. The third-order valence-electron chi connectivity index (χ3n) is 4.82. The predicted octanol–water partition coefficient (Wildman–Crippen LogP) is 3.70. The molecule has 0 aliphatic carbocycles. The van der Waals surface area contributed by atoms with Crippen LogP contribution in [0.5, 0.6) is 5.75 Å². The molecule has 170 valence electrons. The Morgan fingerprint density at radius 1 is 0.939 bits per heavy atom. The maximum atomic E-state index is 13.0. The van der Waals surface area contributed by atoms with E-state index >= 15 is 0 Å². The van der Waals surface area contributed by atoms with Gasteiger partial charge in [-0.05, 0) is 0 Å². The Morgan fingerprint density at radius 2 is 1.61 bits per heavy atom. The second-order valence-corrected chi connectivity index (χ2v) is 10.6. The van der Waals surface area contributed by atoms with E-state index < -0.39 is 0 Å². The second kappa shape index (κ2) is 13.5. The van der Waals surface area contributed by atoms with Gasteiger partial charge in [-0.15, -0.1) is 0 Å². The van der Waals surface area contributed by atoms with Gasteiger partial charge in [0.25, 0.3) is 0 Å². The second-order valence-electron chi connectivity index (χ2n) is 7.23. The van der Waals surface area contributed by atoms with Crippen LogP contribution in [0.4, 0.5) is 5.69 Å². The van der Waals surface area contributed by atoms with Gasteiger partial charge in [-0.2, -0.15) is 0 Å². The molecule has 3 rings (SSSR count). The zero-order chi connectivity index (χ0) is 23.3. The summed E-state index contributed by atoms with van der Waals surface area (Å²) in [5, 5.41) is 2.96. The summed E-state index contributed by atoms with van der Waals surface area (Å²) in [6.45, 7) is 0.570. The van der Waals surface area contributed by atoms with Crippen LogP contribution in [0.3, 0.4) is 0 Å². The van der Waals surface area contributed by atoms with Crippen molar-refractivity contribution in [2.24, 2.45) is 0 Å². The van der Waals surface area contributed by atoms with E-state index in [2.05, 4.69) is 29.6 Å². The first-order chi connectivity index (χ1) is 16.2. The molecule has 0 atom stereocenters. The summed E-state index contributed by atoms with van der Waals surface area (Å²) in [5.41, 5.74) is 1.57. The molecule has 0 saturated carbocycles. The number of hydrogen-bond acceptors (Lipinski definition) is 3. The van der Waals surface area contributed by atoms with Crippen LogP contribution in [-0.4, -0.2) is 52.9 Å². The van der Waals surface area contributed by atoms with Crippen molar-refractivity contribution in [3.05, 3.63) is 96.6 Å². The molecule has 0 aliphatic heterocycles. The van der Waals surface area contributed by atoms with E-state index in [-0.39, 0.29) is 39.3 Å². The number of anilines is 1. The number of rotatable bonds is 11. The van der Waals surface area contributed by atoms with Crippen LogP contribution in [0, 0.1) is 0 Å². The molecule has 0 heterocycles. The summed E-state index contributed by atoms with van der Waals surface area (Å²) >= 11 is -0.226. The van der Waals surface area contributed by atoms with E-state index in [4.69, 9.17) is 4.74 Å². The molecule has 0 fully saturated rings. The van der Waals surface area contributed by atoms with E-state index in [0.29, 0.717) is 18.0 Å². The number of amides is 2. The third kappa shape index (κ3) is 8.42. The minimum absolute atomic E-state index is 0.0420. The molecule has 0 radical (unpaired) electrons. The molecule has 0 aliphatic rings. The number of benzene rings is 3. The van der Waals surface area contributed by atoms with Crippen molar-refractivity contribution in [3.63, 3.8) is 0 Å². The zero-order valence-corrected chi connectivity index (χ0v) is 21.0. The Kier molecular flexibility index (Phi) is 10.0. The van der Waals surface area contributed by atoms with Gasteiger partial charge in [0.05, 0.1) is 7.11 Å². The van der Waals surface area contributed by atoms with Crippen LogP contribution in [0.25, 0.3) is 6.08 Å². The number of carbonyl (C=O) groups is 2. The van der Waals surface area contributed by atoms with Crippen LogP contribution in [-0.2, 0) is 9.59 Å². The van der Waals surface area contributed by atoms with Crippen molar-refractivity contribution in [3.8, 4) is 5.75 Å². The predicted molar refractivity (Wildman–Crippen MR) is 135 cm³/mol. The Labute approximate surface area is 205 Å². The number of ether oxygens (including phenoxy) is 1. The van der Waals surface area contributed by atoms with Gasteiger partial charge in [0.15, 0.2) is 0 Å². The van der Waals surface area contributed by atoms with Crippen molar-refractivity contribution in [1.29, 1.82) is 0 Å². The maximum absolute atomic E-state index is 13.0.